The minimum Gasteiger partial charge on any atom is -0.459 e. The molecule has 4 N–H and O–H groups in total. The monoisotopic (exact) mass is 464 g/mol. The standard InChI is InChI=1S/C28H36N2O4/c1-2-3-4-5-20-8-15-25(16-9-20)34-28(32)22-11-6-21(7-12-22)10-17-27(31)33-19-23-13-14-24(29)18-26(23)30/h6-7,10-14,17-18,20,25H,2-5,8-9,15-16,19,29-30H2,1H3/b17-10+. The highest BCUT2D eigenvalue weighted by Crippen LogP contribution is 2.30. The largest absolute Gasteiger partial charge is 0.459 e. The lowest BCUT2D eigenvalue weighted by Gasteiger charge is -2.28. The van der Waals surface area contributed by atoms with E-state index in [1.165, 1.54) is 31.8 Å². The molecule has 0 atom stereocenters. The van der Waals surface area contributed by atoms with Crippen molar-refractivity contribution in [2.75, 3.05) is 11.5 Å². The first-order valence-corrected chi connectivity index (χ1v) is 12.2. The molecule has 0 amide bonds. The molecule has 1 aliphatic rings. The molecule has 1 fully saturated rings. The molecular formula is C28H36N2O4. The molecule has 0 unspecified atom stereocenters. The number of hydrogen-bond donors (Lipinski definition) is 2. The van der Waals surface area contributed by atoms with E-state index in [9.17, 15) is 9.59 Å². The van der Waals surface area contributed by atoms with E-state index in [4.69, 9.17) is 20.9 Å². The highest BCUT2D eigenvalue weighted by atomic mass is 16.5. The summed E-state index contributed by atoms with van der Waals surface area (Å²) in [7, 11) is 0. The summed E-state index contributed by atoms with van der Waals surface area (Å²) in [6.07, 6.45) is 12.4. The Hall–Kier alpha value is -3.28. The van der Waals surface area contributed by atoms with Crippen LogP contribution in [0.2, 0.25) is 0 Å². The third kappa shape index (κ3) is 7.94. The predicted molar refractivity (Wildman–Crippen MR) is 136 cm³/mol. The van der Waals surface area contributed by atoms with Crippen molar-refractivity contribution in [3.63, 3.8) is 0 Å². The maximum Gasteiger partial charge on any atom is 0.338 e. The molecule has 2 aromatic rings. The smallest absolute Gasteiger partial charge is 0.338 e. The SMILES string of the molecule is CCCCCC1CCC(OC(=O)c2ccc(/C=C/C(=O)OCc3ccc(N)cc3N)cc2)CC1. The van der Waals surface area contributed by atoms with Gasteiger partial charge in [0.1, 0.15) is 12.7 Å². The van der Waals surface area contributed by atoms with Gasteiger partial charge in [-0.05, 0) is 67.5 Å². The van der Waals surface area contributed by atoms with E-state index in [2.05, 4.69) is 6.92 Å². The maximum absolute atomic E-state index is 12.5. The van der Waals surface area contributed by atoms with Gasteiger partial charge in [-0.3, -0.25) is 0 Å². The maximum atomic E-state index is 12.5. The number of rotatable bonds is 10. The van der Waals surface area contributed by atoms with Gasteiger partial charge in [0.05, 0.1) is 5.56 Å². The number of carbonyl (C=O) groups is 2. The molecule has 182 valence electrons. The summed E-state index contributed by atoms with van der Waals surface area (Å²) in [6.45, 7) is 2.30. The highest BCUT2D eigenvalue weighted by molar-refractivity contribution is 5.90. The third-order valence-electron chi connectivity index (χ3n) is 6.38. The predicted octanol–water partition coefficient (Wildman–Crippen LogP) is 5.90. The summed E-state index contributed by atoms with van der Waals surface area (Å²) in [5, 5.41) is 0. The van der Waals surface area contributed by atoms with Crippen LogP contribution in [-0.2, 0) is 20.9 Å². The Morgan fingerprint density at radius 3 is 2.41 bits per heavy atom. The van der Waals surface area contributed by atoms with Crippen LogP contribution < -0.4 is 11.5 Å². The average Bonchev–Trinajstić information content (AvgIpc) is 2.84. The second-order valence-corrected chi connectivity index (χ2v) is 9.07. The highest BCUT2D eigenvalue weighted by Gasteiger charge is 2.24. The molecule has 0 aromatic heterocycles. The first-order chi connectivity index (χ1) is 16.4. The van der Waals surface area contributed by atoms with Crippen molar-refractivity contribution in [1.82, 2.24) is 0 Å². The molecule has 1 saturated carbocycles. The van der Waals surface area contributed by atoms with E-state index in [0.717, 1.165) is 37.2 Å². The Morgan fingerprint density at radius 2 is 1.74 bits per heavy atom. The molecule has 0 spiro atoms. The Labute approximate surface area is 202 Å². The summed E-state index contributed by atoms with van der Waals surface area (Å²) in [4.78, 5) is 24.5. The van der Waals surface area contributed by atoms with Crippen molar-refractivity contribution in [2.24, 2.45) is 5.92 Å². The Bertz CT molecular complexity index is 976. The third-order valence-corrected chi connectivity index (χ3v) is 6.38. The molecule has 2 aromatic carbocycles. The van der Waals surface area contributed by atoms with E-state index in [1.54, 1.807) is 48.5 Å². The van der Waals surface area contributed by atoms with Gasteiger partial charge in [-0.15, -0.1) is 0 Å². The van der Waals surface area contributed by atoms with Crippen LogP contribution in [0.15, 0.2) is 48.5 Å². The van der Waals surface area contributed by atoms with E-state index >= 15 is 0 Å². The van der Waals surface area contributed by atoms with Gasteiger partial charge in [0.25, 0.3) is 0 Å². The summed E-state index contributed by atoms with van der Waals surface area (Å²) >= 11 is 0. The fourth-order valence-electron chi connectivity index (χ4n) is 4.28. The van der Waals surface area contributed by atoms with Crippen molar-refractivity contribution < 1.29 is 19.1 Å². The molecule has 0 bridgehead atoms. The molecule has 0 heterocycles. The molecule has 34 heavy (non-hydrogen) atoms. The first-order valence-electron chi connectivity index (χ1n) is 12.2. The summed E-state index contributed by atoms with van der Waals surface area (Å²) in [5.41, 5.74) is 14.6. The van der Waals surface area contributed by atoms with E-state index < -0.39 is 5.97 Å². The van der Waals surface area contributed by atoms with E-state index in [0.29, 0.717) is 22.5 Å². The zero-order valence-corrected chi connectivity index (χ0v) is 20.0. The van der Waals surface area contributed by atoms with Gasteiger partial charge < -0.3 is 20.9 Å². The average molecular weight is 465 g/mol. The van der Waals surface area contributed by atoms with Crippen LogP contribution in [-0.4, -0.2) is 18.0 Å². The molecule has 1 aliphatic carbocycles. The van der Waals surface area contributed by atoms with Crippen LogP contribution in [0, 0.1) is 5.92 Å². The van der Waals surface area contributed by atoms with Crippen LogP contribution in [0.5, 0.6) is 0 Å². The van der Waals surface area contributed by atoms with Crippen molar-refractivity contribution in [3.8, 4) is 0 Å². The van der Waals surface area contributed by atoms with E-state index in [1.807, 2.05) is 0 Å². The molecule has 6 heteroatoms. The van der Waals surface area contributed by atoms with Crippen LogP contribution in [0.25, 0.3) is 6.08 Å². The van der Waals surface area contributed by atoms with Gasteiger partial charge in [-0.25, -0.2) is 9.59 Å². The number of ether oxygens (including phenoxy) is 2. The van der Waals surface area contributed by atoms with Crippen LogP contribution in [0.3, 0.4) is 0 Å². The topological polar surface area (TPSA) is 105 Å². The molecule has 6 nitrogen and oxygen atoms in total. The Balaban J connectivity index is 1.42. The summed E-state index contributed by atoms with van der Waals surface area (Å²) in [6, 6.07) is 12.1. The Morgan fingerprint density at radius 1 is 1.00 bits per heavy atom. The number of anilines is 2. The molecule has 3 rings (SSSR count). The van der Waals surface area contributed by atoms with Gasteiger partial charge >= 0.3 is 11.9 Å². The molecule has 0 radical (unpaired) electrons. The fourth-order valence-corrected chi connectivity index (χ4v) is 4.28. The van der Waals surface area contributed by atoms with Gasteiger partial charge in [-0.2, -0.15) is 0 Å². The van der Waals surface area contributed by atoms with Crippen LogP contribution >= 0.6 is 0 Å². The van der Waals surface area contributed by atoms with Gasteiger partial charge in [0.15, 0.2) is 0 Å². The van der Waals surface area contributed by atoms with Gasteiger partial charge in [-0.1, -0.05) is 50.8 Å². The zero-order chi connectivity index (χ0) is 24.3. The summed E-state index contributed by atoms with van der Waals surface area (Å²) < 4.78 is 11.0. The summed E-state index contributed by atoms with van der Waals surface area (Å²) in [5.74, 6) is 0.0126. The second kappa shape index (κ2) is 12.8. The molecule has 0 saturated heterocycles. The van der Waals surface area contributed by atoms with Crippen molar-refractivity contribution in [1.29, 1.82) is 0 Å². The number of benzene rings is 2. The number of esters is 2. The van der Waals surface area contributed by atoms with Gasteiger partial charge in [0, 0.05) is 23.0 Å². The number of nitrogen functional groups attached to an aromatic ring is 2. The van der Waals surface area contributed by atoms with Crippen molar-refractivity contribution in [3.05, 3.63) is 65.2 Å². The number of carbonyl (C=O) groups excluding carboxylic acids is 2. The van der Waals surface area contributed by atoms with E-state index in [-0.39, 0.29) is 18.7 Å². The number of hydrogen-bond acceptors (Lipinski definition) is 6. The lowest BCUT2D eigenvalue weighted by Crippen LogP contribution is -2.24. The van der Waals surface area contributed by atoms with Crippen LogP contribution in [0.4, 0.5) is 11.4 Å². The van der Waals surface area contributed by atoms with Crippen molar-refractivity contribution >= 4 is 29.4 Å². The minimum atomic E-state index is -0.481. The first kappa shape index (κ1) is 25.3. The van der Waals surface area contributed by atoms with Gasteiger partial charge in [0.2, 0.25) is 0 Å². The normalized spacial score (nSPS) is 18.0. The molecule has 0 aliphatic heterocycles. The van der Waals surface area contributed by atoms with Crippen molar-refractivity contribution in [2.45, 2.75) is 71.0 Å². The lowest BCUT2D eigenvalue weighted by molar-refractivity contribution is -0.138. The minimum absolute atomic E-state index is 0.0133. The fraction of sp³-hybridized carbons (Fsp3) is 0.429. The van der Waals surface area contributed by atoms with Crippen LogP contribution in [0.1, 0.15) is 79.8 Å². The Kier molecular flexibility index (Phi) is 9.56. The second-order valence-electron chi connectivity index (χ2n) is 9.07. The quantitative estimate of drug-likeness (QED) is 0.196. The number of unbranched alkanes of at least 4 members (excludes halogenated alkanes) is 2. The lowest BCUT2D eigenvalue weighted by atomic mass is 9.84. The zero-order valence-electron chi connectivity index (χ0n) is 20.0. The number of nitrogens with two attached hydrogens (primary N) is 2. The molecular weight excluding hydrogens is 428 g/mol.